The van der Waals surface area contributed by atoms with Crippen molar-refractivity contribution in [1.82, 2.24) is 10.2 Å². The van der Waals surface area contributed by atoms with Crippen LogP contribution in [0, 0.1) is 0 Å². The third-order valence-electron chi connectivity index (χ3n) is 2.79. The SMILES string of the molecule is CCCC[C@H](NC(=O)N(C)Cc1ccoc1)C(=O)O. The number of amides is 2. The number of aliphatic carboxylic acids is 1. The Kier molecular flexibility index (Phi) is 5.92. The number of furan rings is 1. The molecule has 0 radical (unpaired) electrons. The fourth-order valence-corrected chi connectivity index (χ4v) is 1.65. The van der Waals surface area contributed by atoms with Crippen LogP contribution in [0.15, 0.2) is 23.0 Å². The fraction of sp³-hybridized carbons (Fsp3) is 0.538. The molecule has 106 valence electrons. The Morgan fingerprint density at radius 2 is 2.26 bits per heavy atom. The maximum atomic E-state index is 11.9. The van der Waals surface area contributed by atoms with Crippen molar-refractivity contribution in [2.45, 2.75) is 38.8 Å². The summed E-state index contributed by atoms with van der Waals surface area (Å²) in [5.41, 5.74) is 0.859. The zero-order valence-electron chi connectivity index (χ0n) is 11.3. The number of nitrogens with one attached hydrogen (secondary N) is 1. The van der Waals surface area contributed by atoms with Crippen LogP contribution in [0.4, 0.5) is 4.79 Å². The van der Waals surface area contributed by atoms with Crippen LogP contribution in [0.1, 0.15) is 31.7 Å². The first-order valence-corrected chi connectivity index (χ1v) is 6.30. The maximum absolute atomic E-state index is 11.9. The number of carboxylic acid groups (broad SMARTS) is 1. The van der Waals surface area contributed by atoms with Gasteiger partial charge in [0.1, 0.15) is 6.04 Å². The highest BCUT2D eigenvalue weighted by Gasteiger charge is 2.21. The molecule has 1 aromatic heterocycles. The summed E-state index contributed by atoms with van der Waals surface area (Å²) in [6, 6.07) is 0.527. The summed E-state index contributed by atoms with van der Waals surface area (Å²) in [6.07, 6.45) is 5.18. The van der Waals surface area contributed by atoms with Crippen LogP contribution in [0.5, 0.6) is 0 Å². The van der Waals surface area contributed by atoms with Crippen LogP contribution in [-0.4, -0.2) is 35.1 Å². The van der Waals surface area contributed by atoms with Gasteiger partial charge < -0.3 is 19.7 Å². The molecule has 0 aromatic carbocycles. The van der Waals surface area contributed by atoms with Gasteiger partial charge in [-0.05, 0) is 12.5 Å². The molecular weight excluding hydrogens is 248 g/mol. The summed E-state index contributed by atoms with van der Waals surface area (Å²) in [7, 11) is 1.61. The van der Waals surface area contributed by atoms with Crippen LogP contribution in [0.2, 0.25) is 0 Å². The topological polar surface area (TPSA) is 82.8 Å². The molecule has 1 rings (SSSR count). The summed E-state index contributed by atoms with van der Waals surface area (Å²) in [5, 5.41) is 11.6. The van der Waals surface area contributed by atoms with Crippen molar-refractivity contribution in [3.05, 3.63) is 24.2 Å². The smallest absolute Gasteiger partial charge is 0.326 e. The Morgan fingerprint density at radius 3 is 2.79 bits per heavy atom. The summed E-state index contributed by atoms with van der Waals surface area (Å²) in [6.45, 7) is 2.36. The highest BCUT2D eigenvalue weighted by Crippen LogP contribution is 2.05. The van der Waals surface area contributed by atoms with E-state index in [0.717, 1.165) is 18.4 Å². The van der Waals surface area contributed by atoms with Crippen molar-refractivity contribution in [2.24, 2.45) is 0 Å². The Morgan fingerprint density at radius 1 is 1.53 bits per heavy atom. The van der Waals surface area contributed by atoms with Gasteiger partial charge in [0, 0.05) is 12.6 Å². The van der Waals surface area contributed by atoms with Gasteiger partial charge in [0.15, 0.2) is 0 Å². The summed E-state index contributed by atoms with van der Waals surface area (Å²) in [5.74, 6) is -1.00. The van der Waals surface area contributed by atoms with Gasteiger partial charge in [0.05, 0.1) is 19.1 Å². The predicted octanol–water partition coefficient (Wildman–Crippen LogP) is 2.06. The molecular formula is C13H20N2O4. The molecule has 0 bridgehead atoms. The van der Waals surface area contributed by atoms with Crippen molar-refractivity contribution < 1.29 is 19.1 Å². The van der Waals surface area contributed by atoms with Crippen molar-refractivity contribution in [2.75, 3.05) is 7.05 Å². The quantitative estimate of drug-likeness (QED) is 0.793. The van der Waals surface area contributed by atoms with E-state index in [1.165, 1.54) is 11.2 Å². The molecule has 0 aliphatic rings. The van der Waals surface area contributed by atoms with Gasteiger partial charge in [-0.1, -0.05) is 19.8 Å². The second-order valence-electron chi connectivity index (χ2n) is 4.47. The lowest BCUT2D eigenvalue weighted by Crippen LogP contribution is -2.46. The van der Waals surface area contributed by atoms with Crippen molar-refractivity contribution in [3.8, 4) is 0 Å². The Hall–Kier alpha value is -1.98. The average Bonchev–Trinajstić information content (AvgIpc) is 2.86. The van der Waals surface area contributed by atoms with E-state index < -0.39 is 18.0 Å². The largest absolute Gasteiger partial charge is 0.480 e. The van der Waals surface area contributed by atoms with Gasteiger partial charge >= 0.3 is 12.0 Å². The van der Waals surface area contributed by atoms with E-state index in [1.807, 2.05) is 6.92 Å². The van der Waals surface area contributed by atoms with Crippen LogP contribution >= 0.6 is 0 Å². The number of urea groups is 1. The van der Waals surface area contributed by atoms with Crippen LogP contribution in [0.3, 0.4) is 0 Å². The van der Waals surface area contributed by atoms with E-state index in [-0.39, 0.29) is 0 Å². The van der Waals surface area contributed by atoms with Crippen LogP contribution in [-0.2, 0) is 11.3 Å². The van der Waals surface area contributed by atoms with Gasteiger partial charge in [0.2, 0.25) is 0 Å². The molecule has 19 heavy (non-hydrogen) atoms. The lowest BCUT2D eigenvalue weighted by Gasteiger charge is -2.20. The molecule has 1 atom stereocenters. The summed E-state index contributed by atoms with van der Waals surface area (Å²) < 4.78 is 4.92. The minimum Gasteiger partial charge on any atom is -0.480 e. The first kappa shape index (κ1) is 15.1. The standard InChI is InChI=1S/C13H20N2O4/c1-3-4-5-11(12(16)17)14-13(18)15(2)8-10-6-7-19-9-10/h6-7,9,11H,3-5,8H2,1-2H3,(H,14,18)(H,16,17)/t11-/m0/s1. The zero-order valence-corrected chi connectivity index (χ0v) is 11.3. The van der Waals surface area contributed by atoms with E-state index in [9.17, 15) is 9.59 Å². The number of carbonyl (C=O) groups excluding carboxylic acids is 1. The minimum atomic E-state index is -1.00. The monoisotopic (exact) mass is 268 g/mol. The number of carbonyl (C=O) groups is 2. The van der Waals surface area contributed by atoms with Crippen LogP contribution in [0.25, 0.3) is 0 Å². The van der Waals surface area contributed by atoms with Crippen molar-refractivity contribution in [1.29, 1.82) is 0 Å². The lowest BCUT2D eigenvalue weighted by molar-refractivity contribution is -0.139. The number of hydrogen-bond acceptors (Lipinski definition) is 3. The molecule has 0 unspecified atom stereocenters. The predicted molar refractivity (Wildman–Crippen MR) is 69.7 cm³/mol. The minimum absolute atomic E-state index is 0.377. The number of nitrogens with zero attached hydrogens (tertiary/aromatic N) is 1. The molecule has 0 saturated carbocycles. The molecule has 1 heterocycles. The molecule has 1 aromatic rings. The van der Waals surface area contributed by atoms with E-state index in [4.69, 9.17) is 9.52 Å². The van der Waals surface area contributed by atoms with Gasteiger partial charge in [-0.3, -0.25) is 0 Å². The number of carboxylic acids is 1. The lowest BCUT2D eigenvalue weighted by atomic mass is 10.1. The number of hydrogen-bond donors (Lipinski definition) is 2. The zero-order chi connectivity index (χ0) is 14.3. The Balaban J connectivity index is 2.48. The second-order valence-corrected chi connectivity index (χ2v) is 4.47. The molecule has 0 fully saturated rings. The summed E-state index contributed by atoms with van der Waals surface area (Å²) >= 11 is 0. The van der Waals surface area contributed by atoms with Gasteiger partial charge in [-0.15, -0.1) is 0 Å². The number of unbranched alkanes of at least 4 members (excludes halogenated alkanes) is 1. The molecule has 0 aliphatic carbocycles. The first-order chi connectivity index (χ1) is 9.04. The van der Waals surface area contributed by atoms with Crippen LogP contribution < -0.4 is 5.32 Å². The molecule has 2 N–H and O–H groups in total. The Bertz CT molecular complexity index is 403. The van der Waals surface area contributed by atoms with Crippen molar-refractivity contribution in [3.63, 3.8) is 0 Å². The van der Waals surface area contributed by atoms with E-state index in [2.05, 4.69) is 5.32 Å². The highest BCUT2D eigenvalue weighted by molar-refractivity contribution is 5.82. The first-order valence-electron chi connectivity index (χ1n) is 6.30. The third-order valence-corrected chi connectivity index (χ3v) is 2.79. The molecule has 0 saturated heterocycles. The fourth-order valence-electron chi connectivity index (χ4n) is 1.65. The van der Waals surface area contributed by atoms with Gasteiger partial charge in [-0.25, -0.2) is 9.59 Å². The highest BCUT2D eigenvalue weighted by atomic mass is 16.4. The third kappa shape index (κ3) is 5.03. The summed E-state index contributed by atoms with van der Waals surface area (Å²) in [4.78, 5) is 24.3. The molecule has 2 amide bonds. The van der Waals surface area contributed by atoms with Gasteiger partial charge in [0.25, 0.3) is 0 Å². The maximum Gasteiger partial charge on any atom is 0.326 e. The van der Waals surface area contributed by atoms with Crippen molar-refractivity contribution >= 4 is 12.0 Å². The number of rotatable bonds is 7. The van der Waals surface area contributed by atoms with Gasteiger partial charge in [-0.2, -0.15) is 0 Å². The molecule has 0 spiro atoms. The Labute approximate surface area is 112 Å². The molecule has 6 heteroatoms. The molecule has 0 aliphatic heterocycles. The van der Waals surface area contributed by atoms with E-state index in [1.54, 1.807) is 19.4 Å². The van der Waals surface area contributed by atoms with E-state index >= 15 is 0 Å². The second kappa shape index (κ2) is 7.45. The normalized spacial score (nSPS) is 11.9. The average molecular weight is 268 g/mol. The van der Waals surface area contributed by atoms with E-state index in [0.29, 0.717) is 13.0 Å². The molecule has 6 nitrogen and oxygen atoms in total.